The SMILES string of the molecule is CC1(C)O[C@H]2CN[C@H]1C2.Cl. The van der Waals surface area contributed by atoms with Crippen LogP contribution in [-0.4, -0.2) is 24.3 Å². The highest BCUT2D eigenvalue weighted by molar-refractivity contribution is 5.85. The molecule has 2 fully saturated rings. The van der Waals surface area contributed by atoms with Gasteiger partial charge >= 0.3 is 0 Å². The molecule has 0 saturated carbocycles. The molecule has 0 spiro atoms. The molecule has 0 radical (unpaired) electrons. The third-order valence-electron chi connectivity index (χ3n) is 2.40. The van der Waals surface area contributed by atoms with Gasteiger partial charge in [0.1, 0.15) is 0 Å². The van der Waals surface area contributed by atoms with E-state index in [1.807, 2.05) is 0 Å². The predicted octanol–water partition coefficient (Wildman–Crippen LogP) is 0.948. The summed E-state index contributed by atoms with van der Waals surface area (Å²) in [5, 5.41) is 3.42. The third kappa shape index (κ3) is 1.04. The molecule has 0 aliphatic carbocycles. The molecule has 0 aromatic rings. The lowest BCUT2D eigenvalue weighted by Crippen LogP contribution is -2.46. The quantitative estimate of drug-likeness (QED) is 0.574. The minimum absolute atomic E-state index is 0. The molecule has 0 amide bonds. The number of nitrogens with one attached hydrogen (secondary N) is 1. The molecule has 0 aromatic carbocycles. The Hall–Kier alpha value is 0.210. The second-order valence-corrected chi connectivity index (χ2v) is 3.54. The summed E-state index contributed by atoms with van der Waals surface area (Å²) in [6.07, 6.45) is 1.72. The molecular formula is C7H14ClNO. The normalized spacial score (nSPS) is 41.4. The monoisotopic (exact) mass is 163 g/mol. The van der Waals surface area contributed by atoms with E-state index in [2.05, 4.69) is 19.2 Å². The smallest absolute Gasteiger partial charge is 0.0784 e. The Labute approximate surface area is 67.7 Å². The fraction of sp³-hybridized carbons (Fsp3) is 1.00. The molecule has 0 aromatic heterocycles. The van der Waals surface area contributed by atoms with Gasteiger partial charge in [-0.3, -0.25) is 0 Å². The van der Waals surface area contributed by atoms with Gasteiger partial charge in [0.05, 0.1) is 11.7 Å². The van der Waals surface area contributed by atoms with Crippen molar-refractivity contribution in [3.05, 3.63) is 0 Å². The van der Waals surface area contributed by atoms with Crippen LogP contribution in [0.4, 0.5) is 0 Å². The fourth-order valence-electron chi connectivity index (χ4n) is 1.83. The maximum atomic E-state index is 5.69. The van der Waals surface area contributed by atoms with E-state index in [1.165, 1.54) is 6.42 Å². The molecule has 2 aliphatic rings. The highest BCUT2D eigenvalue weighted by atomic mass is 35.5. The van der Waals surface area contributed by atoms with Gasteiger partial charge in [0.2, 0.25) is 0 Å². The molecule has 10 heavy (non-hydrogen) atoms. The Morgan fingerprint density at radius 2 is 2.20 bits per heavy atom. The van der Waals surface area contributed by atoms with Crippen LogP contribution in [0.25, 0.3) is 0 Å². The summed E-state index contributed by atoms with van der Waals surface area (Å²) < 4.78 is 5.69. The van der Waals surface area contributed by atoms with Crippen molar-refractivity contribution in [2.24, 2.45) is 0 Å². The average Bonchev–Trinajstić information content (AvgIpc) is 2.19. The summed E-state index contributed by atoms with van der Waals surface area (Å²) in [5.41, 5.74) is 0.100. The summed E-state index contributed by atoms with van der Waals surface area (Å²) in [6, 6.07) is 0.613. The summed E-state index contributed by atoms with van der Waals surface area (Å²) >= 11 is 0. The van der Waals surface area contributed by atoms with Crippen LogP contribution in [0.5, 0.6) is 0 Å². The minimum atomic E-state index is 0. The number of fused-ring (bicyclic) bond motifs is 2. The van der Waals surface area contributed by atoms with Gasteiger partial charge in [-0.15, -0.1) is 12.4 Å². The maximum Gasteiger partial charge on any atom is 0.0784 e. The van der Waals surface area contributed by atoms with Crippen LogP contribution in [0.15, 0.2) is 0 Å². The van der Waals surface area contributed by atoms with Gasteiger partial charge in [-0.1, -0.05) is 0 Å². The zero-order chi connectivity index (χ0) is 6.48. The van der Waals surface area contributed by atoms with Crippen LogP contribution in [-0.2, 0) is 4.74 Å². The average molecular weight is 164 g/mol. The number of hydrogen-bond donors (Lipinski definition) is 1. The molecule has 60 valence electrons. The number of halogens is 1. The highest BCUT2D eigenvalue weighted by Gasteiger charge is 2.45. The van der Waals surface area contributed by atoms with Crippen LogP contribution >= 0.6 is 12.4 Å². The molecule has 2 bridgehead atoms. The summed E-state index contributed by atoms with van der Waals surface area (Å²) in [5.74, 6) is 0. The lowest BCUT2D eigenvalue weighted by Gasteiger charge is -2.30. The number of rotatable bonds is 0. The maximum absolute atomic E-state index is 5.69. The Balaban J connectivity index is 0.000000500. The molecule has 2 saturated heterocycles. The van der Waals surface area contributed by atoms with Crippen LogP contribution in [0.3, 0.4) is 0 Å². The van der Waals surface area contributed by atoms with Crippen LogP contribution in [0, 0.1) is 0 Å². The van der Waals surface area contributed by atoms with Crippen molar-refractivity contribution in [3.8, 4) is 0 Å². The van der Waals surface area contributed by atoms with E-state index < -0.39 is 0 Å². The van der Waals surface area contributed by atoms with E-state index in [4.69, 9.17) is 4.74 Å². The standard InChI is InChI=1S/C7H13NO.ClH/c1-7(2)6-3-5(9-7)4-8-6;/h5-6,8H,3-4H2,1-2H3;1H/t5-,6+;/m1./s1. The Morgan fingerprint density at radius 3 is 2.40 bits per heavy atom. The summed E-state index contributed by atoms with van der Waals surface area (Å²) in [6.45, 7) is 5.38. The van der Waals surface area contributed by atoms with Crippen LogP contribution < -0.4 is 5.32 Å². The first kappa shape index (κ1) is 8.31. The van der Waals surface area contributed by atoms with Gasteiger partial charge in [-0.2, -0.15) is 0 Å². The first-order valence-corrected chi connectivity index (χ1v) is 3.60. The molecule has 2 atom stereocenters. The van der Waals surface area contributed by atoms with E-state index in [0.29, 0.717) is 12.1 Å². The first-order valence-electron chi connectivity index (χ1n) is 3.60. The van der Waals surface area contributed by atoms with Crippen molar-refractivity contribution < 1.29 is 4.74 Å². The van der Waals surface area contributed by atoms with Crippen molar-refractivity contribution in [1.82, 2.24) is 5.32 Å². The van der Waals surface area contributed by atoms with E-state index in [9.17, 15) is 0 Å². The molecule has 2 aliphatic heterocycles. The van der Waals surface area contributed by atoms with Crippen molar-refractivity contribution in [2.75, 3.05) is 6.54 Å². The van der Waals surface area contributed by atoms with Gasteiger partial charge < -0.3 is 10.1 Å². The second kappa shape index (κ2) is 2.36. The van der Waals surface area contributed by atoms with Gasteiger partial charge in [-0.05, 0) is 20.3 Å². The molecule has 0 unspecified atom stereocenters. The predicted molar refractivity (Wildman–Crippen MR) is 42.6 cm³/mol. The minimum Gasteiger partial charge on any atom is -0.369 e. The Kier molecular flexibility index (Phi) is 1.96. The van der Waals surface area contributed by atoms with E-state index >= 15 is 0 Å². The molecule has 2 nitrogen and oxygen atoms in total. The van der Waals surface area contributed by atoms with Crippen molar-refractivity contribution in [3.63, 3.8) is 0 Å². The zero-order valence-electron chi connectivity index (χ0n) is 6.39. The van der Waals surface area contributed by atoms with Gasteiger partial charge in [0.15, 0.2) is 0 Å². The molecule has 1 N–H and O–H groups in total. The number of hydrogen-bond acceptors (Lipinski definition) is 2. The van der Waals surface area contributed by atoms with Crippen molar-refractivity contribution >= 4 is 12.4 Å². The highest BCUT2D eigenvalue weighted by Crippen LogP contribution is 2.33. The van der Waals surface area contributed by atoms with Crippen LogP contribution in [0.2, 0.25) is 0 Å². The molecule has 2 heterocycles. The third-order valence-corrected chi connectivity index (χ3v) is 2.40. The van der Waals surface area contributed by atoms with Crippen LogP contribution in [0.1, 0.15) is 20.3 Å². The van der Waals surface area contributed by atoms with Gasteiger partial charge in [-0.25, -0.2) is 0 Å². The largest absolute Gasteiger partial charge is 0.369 e. The Bertz CT molecular complexity index is 138. The first-order chi connectivity index (χ1) is 4.18. The topological polar surface area (TPSA) is 21.3 Å². The van der Waals surface area contributed by atoms with E-state index in [0.717, 1.165) is 6.54 Å². The van der Waals surface area contributed by atoms with Gasteiger partial charge in [0, 0.05) is 12.6 Å². The van der Waals surface area contributed by atoms with E-state index in [-0.39, 0.29) is 18.0 Å². The summed E-state index contributed by atoms with van der Waals surface area (Å²) in [7, 11) is 0. The van der Waals surface area contributed by atoms with Crippen molar-refractivity contribution in [2.45, 2.75) is 38.0 Å². The molecule has 3 heteroatoms. The number of ether oxygens (including phenoxy) is 1. The molecular weight excluding hydrogens is 150 g/mol. The Morgan fingerprint density at radius 1 is 1.50 bits per heavy atom. The van der Waals surface area contributed by atoms with Gasteiger partial charge in [0.25, 0.3) is 0 Å². The zero-order valence-corrected chi connectivity index (χ0v) is 7.20. The van der Waals surface area contributed by atoms with E-state index in [1.54, 1.807) is 0 Å². The van der Waals surface area contributed by atoms with Crippen molar-refractivity contribution in [1.29, 1.82) is 0 Å². The second-order valence-electron chi connectivity index (χ2n) is 3.54. The lowest BCUT2D eigenvalue weighted by molar-refractivity contribution is -0.0457. The summed E-state index contributed by atoms with van der Waals surface area (Å²) in [4.78, 5) is 0. The number of morpholine rings is 1. The lowest BCUT2D eigenvalue weighted by atomic mass is 10.0. The fourth-order valence-corrected chi connectivity index (χ4v) is 1.83. The molecule has 2 rings (SSSR count).